The van der Waals surface area contributed by atoms with Crippen molar-refractivity contribution in [2.45, 2.75) is 6.29 Å². The van der Waals surface area contributed by atoms with Gasteiger partial charge >= 0.3 is 0 Å². The van der Waals surface area contributed by atoms with Crippen LogP contribution in [0.15, 0.2) is 148 Å². The summed E-state index contributed by atoms with van der Waals surface area (Å²) in [5, 5.41) is 10.7. The number of hydrogen-bond donors (Lipinski definition) is 1. The highest BCUT2D eigenvalue weighted by Gasteiger charge is 2.25. The van der Waals surface area contributed by atoms with Crippen molar-refractivity contribution in [2.24, 2.45) is 9.98 Å². The van der Waals surface area contributed by atoms with Gasteiger partial charge in [0.15, 0.2) is 0 Å². The molecule has 212 valence electrons. The van der Waals surface area contributed by atoms with Gasteiger partial charge in [0.1, 0.15) is 22.8 Å². The van der Waals surface area contributed by atoms with Crippen LogP contribution in [0.25, 0.3) is 63.9 Å². The van der Waals surface area contributed by atoms with E-state index in [9.17, 15) is 0 Å². The lowest BCUT2D eigenvalue weighted by Gasteiger charge is -2.24. The molecule has 6 heteroatoms. The van der Waals surface area contributed by atoms with E-state index in [1.165, 1.54) is 30.9 Å². The van der Waals surface area contributed by atoms with Crippen molar-refractivity contribution in [3.8, 4) is 0 Å². The maximum Gasteiger partial charge on any atom is 0.224 e. The second-order valence-electron chi connectivity index (χ2n) is 11.5. The van der Waals surface area contributed by atoms with Crippen LogP contribution in [-0.4, -0.2) is 16.2 Å². The van der Waals surface area contributed by atoms with Crippen LogP contribution in [0.3, 0.4) is 0 Å². The van der Waals surface area contributed by atoms with Gasteiger partial charge in [0.25, 0.3) is 0 Å². The molecule has 10 rings (SSSR count). The number of rotatable bonds is 3. The monoisotopic (exact) mass is 596 g/mol. The summed E-state index contributed by atoms with van der Waals surface area (Å²) in [5.74, 6) is 1.61. The molecule has 0 atom stereocenters. The Bertz CT molecular complexity index is 2620. The molecule has 0 unspecified atom stereocenters. The molecule has 45 heavy (non-hydrogen) atoms. The summed E-state index contributed by atoms with van der Waals surface area (Å²) >= 11 is 1.82. The average molecular weight is 597 g/mol. The Hall–Kier alpha value is -5.72. The fraction of sp³-hybridized carbons (Fsp3) is 0.0256. The smallest absolute Gasteiger partial charge is 0.224 e. The van der Waals surface area contributed by atoms with Gasteiger partial charge in [-0.15, -0.1) is 11.3 Å². The number of para-hydroxylation sites is 2. The van der Waals surface area contributed by atoms with Crippen LogP contribution >= 0.6 is 11.3 Å². The third kappa shape index (κ3) is 3.73. The van der Waals surface area contributed by atoms with Gasteiger partial charge in [-0.25, -0.2) is 9.98 Å². The Morgan fingerprint density at radius 1 is 0.511 bits per heavy atom. The maximum absolute atomic E-state index is 6.28. The van der Waals surface area contributed by atoms with Crippen molar-refractivity contribution in [2.75, 3.05) is 0 Å². The summed E-state index contributed by atoms with van der Waals surface area (Å²) in [4.78, 5) is 10.4. The van der Waals surface area contributed by atoms with Crippen molar-refractivity contribution in [1.29, 1.82) is 0 Å². The molecule has 5 nitrogen and oxygen atoms in total. The molecule has 4 heterocycles. The van der Waals surface area contributed by atoms with Gasteiger partial charge in [0.05, 0.1) is 11.0 Å². The van der Waals surface area contributed by atoms with Gasteiger partial charge < -0.3 is 9.73 Å². The molecule has 0 saturated carbocycles. The van der Waals surface area contributed by atoms with E-state index < -0.39 is 6.29 Å². The first-order valence-electron chi connectivity index (χ1n) is 15.0. The van der Waals surface area contributed by atoms with Gasteiger partial charge in [-0.2, -0.15) is 0 Å². The lowest BCUT2D eigenvalue weighted by atomic mass is 10.1. The molecule has 6 aromatic carbocycles. The molecule has 0 radical (unpaired) electrons. The van der Waals surface area contributed by atoms with Crippen molar-refractivity contribution in [3.63, 3.8) is 0 Å². The minimum absolute atomic E-state index is 0.486. The van der Waals surface area contributed by atoms with Crippen molar-refractivity contribution in [3.05, 3.63) is 145 Å². The number of nitrogens with one attached hydrogen (secondary N) is 1. The maximum atomic E-state index is 6.28. The Kier molecular flexibility index (Phi) is 5.15. The van der Waals surface area contributed by atoms with Gasteiger partial charge in [-0.05, 0) is 36.4 Å². The lowest BCUT2D eigenvalue weighted by Crippen LogP contribution is -2.36. The largest absolute Gasteiger partial charge is 0.456 e. The topological polar surface area (TPSA) is 54.8 Å². The average Bonchev–Trinajstić information content (AvgIpc) is 3.75. The quantitative estimate of drug-likeness (QED) is 0.221. The second kappa shape index (κ2) is 9.39. The number of aromatic nitrogens is 1. The SMILES string of the molecule is c1ccc(C2=NC(n3c4ccccc4c4cc5c(cc43)sc3cc4c(cc35)oc3ccccc34)N=C(c3ccccc3)N2)cc1. The number of benzene rings is 6. The molecule has 0 spiro atoms. The van der Waals surface area contributed by atoms with E-state index in [-0.39, 0.29) is 0 Å². The fourth-order valence-corrected chi connectivity index (χ4v) is 7.91. The third-order valence-corrected chi connectivity index (χ3v) is 9.97. The molecule has 1 aliphatic heterocycles. The van der Waals surface area contributed by atoms with Crippen molar-refractivity contribution in [1.82, 2.24) is 9.88 Å². The van der Waals surface area contributed by atoms with E-state index in [0.29, 0.717) is 0 Å². The highest BCUT2D eigenvalue weighted by Crippen LogP contribution is 2.43. The summed E-state index contributed by atoms with van der Waals surface area (Å²) in [6, 6.07) is 46.6. The second-order valence-corrected chi connectivity index (χ2v) is 12.5. The van der Waals surface area contributed by atoms with E-state index in [2.05, 4.69) is 94.8 Å². The summed E-state index contributed by atoms with van der Waals surface area (Å²) in [7, 11) is 0. The van der Waals surface area contributed by atoms with Crippen LogP contribution in [-0.2, 0) is 0 Å². The van der Waals surface area contributed by atoms with Gasteiger partial charge in [-0.3, -0.25) is 4.57 Å². The van der Waals surface area contributed by atoms with E-state index in [1.54, 1.807) is 0 Å². The fourth-order valence-electron chi connectivity index (χ4n) is 6.77. The Morgan fingerprint density at radius 3 is 1.89 bits per heavy atom. The predicted molar refractivity (Wildman–Crippen MR) is 188 cm³/mol. The van der Waals surface area contributed by atoms with Gasteiger partial charge in [0, 0.05) is 52.8 Å². The zero-order chi connectivity index (χ0) is 29.5. The third-order valence-electron chi connectivity index (χ3n) is 8.85. The van der Waals surface area contributed by atoms with Crippen LogP contribution in [0.1, 0.15) is 17.4 Å². The first-order valence-corrected chi connectivity index (χ1v) is 15.8. The molecule has 0 saturated heterocycles. The van der Waals surface area contributed by atoms with Gasteiger partial charge in [-0.1, -0.05) is 97.1 Å². The van der Waals surface area contributed by atoms with Crippen molar-refractivity contribution < 1.29 is 4.42 Å². The number of aliphatic imine (C=N–C) groups is 2. The van der Waals surface area contributed by atoms with E-state index >= 15 is 0 Å². The molecular weight excluding hydrogens is 573 g/mol. The number of amidine groups is 2. The molecule has 9 aromatic rings. The predicted octanol–water partition coefficient (Wildman–Crippen LogP) is 10.0. The zero-order valence-corrected chi connectivity index (χ0v) is 24.8. The Balaban J connectivity index is 1.24. The number of hydrogen-bond acceptors (Lipinski definition) is 5. The molecule has 3 aromatic heterocycles. The standard InChI is InChI=1S/C39H24N4OS/c1-3-11-23(12-4-1)37-40-38(24-13-5-2-6-14-24)42-39(41-37)43-31-17-9-7-15-25(31)27-19-29-30-20-34-28(26-16-8-10-18-33(26)44-34)21-35(30)45-36(29)22-32(27)43/h1-22,39H,(H,40,41,42). The number of furan rings is 1. The minimum atomic E-state index is -0.486. The summed E-state index contributed by atoms with van der Waals surface area (Å²) < 4.78 is 11.1. The van der Waals surface area contributed by atoms with Crippen LogP contribution < -0.4 is 5.32 Å². The number of fused-ring (bicyclic) bond motifs is 9. The normalized spacial score (nSPS) is 14.1. The lowest BCUT2D eigenvalue weighted by molar-refractivity contribution is 0.575. The van der Waals surface area contributed by atoms with E-state index in [4.69, 9.17) is 14.4 Å². The summed E-state index contributed by atoms with van der Waals surface area (Å²) in [5.41, 5.74) is 6.11. The molecular formula is C39H24N4OS. The highest BCUT2D eigenvalue weighted by molar-refractivity contribution is 7.26. The summed E-state index contributed by atoms with van der Waals surface area (Å²) in [6.45, 7) is 0. The number of thiophene rings is 1. The van der Waals surface area contributed by atoms with E-state index in [1.807, 2.05) is 59.9 Å². The molecule has 0 aliphatic carbocycles. The molecule has 1 aliphatic rings. The molecule has 0 amide bonds. The first-order chi connectivity index (χ1) is 22.3. The van der Waals surface area contributed by atoms with Crippen LogP contribution in [0.2, 0.25) is 0 Å². The zero-order valence-electron chi connectivity index (χ0n) is 23.9. The van der Waals surface area contributed by atoms with Crippen LogP contribution in [0, 0.1) is 0 Å². The molecule has 0 bridgehead atoms. The van der Waals surface area contributed by atoms with Crippen molar-refractivity contribution >= 4 is 86.9 Å². The molecule has 0 fully saturated rings. The van der Waals surface area contributed by atoms with Crippen LogP contribution in [0.4, 0.5) is 0 Å². The minimum Gasteiger partial charge on any atom is -0.456 e. The Morgan fingerprint density at radius 2 is 1.13 bits per heavy atom. The Labute approximate surface area is 261 Å². The van der Waals surface area contributed by atoms with Gasteiger partial charge in [0.2, 0.25) is 6.29 Å². The van der Waals surface area contributed by atoms with Crippen LogP contribution in [0.5, 0.6) is 0 Å². The molecule has 1 N–H and O–H groups in total. The first kappa shape index (κ1) is 24.7. The number of nitrogens with zero attached hydrogens (tertiary/aromatic N) is 3. The highest BCUT2D eigenvalue weighted by atomic mass is 32.1. The summed E-state index contributed by atoms with van der Waals surface area (Å²) in [6.07, 6.45) is -0.486. The van der Waals surface area contributed by atoms with E-state index in [0.717, 1.165) is 55.8 Å².